The number of nitrogens with one attached hydrogen (secondary N) is 2. The van der Waals surface area contributed by atoms with Gasteiger partial charge in [-0.3, -0.25) is 15.0 Å². The quantitative estimate of drug-likeness (QED) is 0.388. The molecule has 2 fully saturated rings. The smallest absolute Gasteiger partial charge is 0.257 e. The lowest BCUT2D eigenvalue weighted by molar-refractivity contribution is -0.132. The highest BCUT2D eigenvalue weighted by Crippen LogP contribution is 2.43. The third-order valence-electron chi connectivity index (χ3n) is 7.80. The molecule has 42 heavy (non-hydrogen) atoms. The number of nitrogens with zero attached hydrogens (tertiary/aromatic N) is 3. The predicted octanol–water partition coefficient (Wildman–Crippen LogP) is 3.46. The van der Waals surface area contributed by atoms with Gasteiger partial charge in [0.2, 0.25) is 5.91 Å². The molecule has 4 atom stereocenters. The topological polar surface area (TPSA) is 112 Å². The summed E-state index contributed by atoms with van der Waals surface area (Å²) < 4.78 is 11.7. The minimum Gasteiger partial charge on any atom is -0.493 e. The van der Waals surface area contributed by atoms with Crippen LogP contribution in [0.4, 0.5) is 0 Å². The molecule has 0 bridgehead atoms. The van der Waals surface area contributed by atoms with Gasteiger partial charge in [-0.1, -0.05) is 35.3 Å². The Bertz CT molecular complexity index is 1400. The molecule has 10 nitrogen and oxygen atoms in total. The van der Waals surface area contributed by atoms with E-state index in [0.29, 0.717) is 46.9 Å². The van der Waals surface area contributed by atoms with Crippen LogP contribution in [0.1, 0.15) is 18.4 Å². The summed E-state index contributed by atoms with van der Waals surface area (Å²) in [4.78, 5) is 32.1. The highest BCUT2D eigenvalue weighted by atomic mass is 35.5. The summed E-state index contributed by atoms with van der Waals surface area (Å²) in [6.07, 6.45) is 6.71. The molecule has 224 valence electrons. The Hall–Kier alpha value is -3.28. The number of piperidine rings is 1. The molecule has 2 saturated heterocycles. The number of ether oxygens (including phenoxy) is 2. The summed E-state index contributed by atoms with van der Waals surface area (Å²) in [7, 11) is 5.49. The van der Waals surface area contributed by atoms with Gasteiger partial charge in [-0.2, -0.15) is 0 Å². The van der Waals surface area contributed by atoms with Gasteiger partial charge >= 0.3 is 0 Å². The van der Waals surface area contributed by atoms with Crippen LogP contribution in [0, 0.1) is 5.92 Å². The molecular weight excluding hydrogens is 579 g/mol. The van der Waals surface area contributed by atoms with E-state index < -0.39 is 12.2 Å². The van der Waals surface area contributed by atoms with Gasteiger partial charge in [0.1, 0.15) is 11.8 Å². The highest BCUT2D eigenvalue weighted by molar-refractivity contribution is 6.42. The first-order chi connectivity index (χ1) is 20.2. The van der Waals surface area contributed by atoms with Crippen LogP contribution in [0.3, 0.4) is 0 Å². The minimum atomic E-state index is -0.516. The molecule has 12 heteroatoms. The number of benzene rings is 2. The van der Waals surface area contributed by atoms with E-state index >= 15 is 0 Å². The lowest BCUT2D eigenvalue weighted by Crippen LogP contribution is -2.67. The molecule has 4 N–H and O–H groups in total. The van der Waals surface area contributed by atoms with Crippen LogP contribution in [0.2, 0.25) is 10.0 Å². The van der Waals surface area contributed by atoms with E-state index in [2.05, 4.69) is 15.8 Å². The van der Waals surface area contributed by atoms with Gasteiger partial charge in [0.05, 0.1) is 23.3 Å². The van der Waals surface area contributed by atoms with Gasteiger partial charge in [0, 0.05) is 49.9 Å². The Kier molecular flexibility index (Phi) is 9.29. The normalized spacial score (nSPS) is 24.1. The zero-order valence-corrected chi connectivity index (χ0v) is 25.4. The van der Waals surface area contributed by atoms with E-state index in [-0.39, 0.29) is 23.8 Å². The second kappa shape index (κ2) is 12.9. The largest absolute Gasteiger partial charge is 0.493 e. The van der Waals surface area contributed by atoms with Gasteiger partial charge in [-0.25, -0.2) is 5.43 Å². The van der Waals surface area contributed by atoms with Crippen LogP contribution < -0.4 is 26.1 Å². The number of rotatable bonds is 8. The van der Waals surface area contributed by atoms with Crippen LogP contribution >= 0.6 is 23.2 Å². The molecule has 5 rings (SSSR count). The summed E-state index contributed by atoms with van der Waals surface area (Å²) >= 11 is 12.2. The van der Waals surface area contributed by atoms with Crippen molar-refractivity contribution in [2.75, 3.05) is 40.8 Å². The number of likely N-dealkylation sites (N-methyl/N-ethyl adjacent to an activating group) is 1. The van der Waals surface area contributed by atoms with Crippen molar-refractivity contribution in [1.29, 1.82) is 0 Å². The Morgan fingerprint density at radius 2 is 1.98 bits per heavy atom. The van der Waals surface area contributed by atoms with E-state index in [1.54, 1.807) is 31.4 Å². The number of halogens is 2. The number of carbonyl (C=O) groups excluding carboxylic acids is 2. The van der Waals surface area contributed by atoms with Crippen LogP contribution in [0.15, 0.2) is 54.8 Å². The van der Waals surface area contributed by atoms with Crippen molar-refractivity contribution in [2.45, 2.75) is 31.1 Å². The average molecular weight is 616 g/mol. The first-order valence-corrected chi connectivity index (χ1v) is 14.6. The van der Waals surface area contributed by atoms with Crippen molar-refractivity contribution < 1.29 is 19.1 Å². The Balaban J connectivity index is 1.42. The van der Waals surface area contributed by atoms with Crippen molar-refractivity contribution in [1.82, 2.24) is 25.6 Å². The van der Waals surface area contributed by atoms with E-state index in [0.717, 1.165) is 24.0 Å². The monoisotopic (exact) mass is 614 g/mol. The van der Waals surface area contributed by atoms with E-state index in [1.807, 2.05) is 54.4 Å². The minimum absolute atomic E-state index is 0.0183. The van der Waals surface area contributed by atoms with E-state index in [9.17, 15) is 9.59 Å². The number of hydrogen-bond donors (Lipinski definition) is 3. The average Bonchev–Trinajstić information content (AvgIpc) is 3.39. The van der Waals surface area contributed by atoms with Crippen molar-refractivity contribution in [3.8, 4) is 17.2 Å². The van der Waals surface area contributed by atoms with Crippen molar-refractivity contribution in [2.24, 2.45) is 11.7 Å². The number of amides is 2. The molecule has 3 aliphatic heterocycles. The van der Waals surface area contributed by atoms with Gasteiger partial charge in [-0.05, 0) is 62.3 Å². The lowest BCUT2D eigenvalue weighted by Gasteiger charge is -2.43. The van der Waals surface area contributed by atoms with Crippen molar-refractivity contribution >= 4 is 40.6 Å². The number of nitrogens with two attached hydrogens (primary N) is 1. The summed E-state index contributed by atoms with van der Waals surface area (Å²) in [5, 5.41) is 0.822. The molecular formula is C30H36Cl2N6O4. The molecule has 0 radical (unpaired) electrons. The number of hydrazine groups is 1. The Labute approximate surface area is 256 Å². The van der Waals surface area contributed by atoms with Crippen LogP contribution in [-0.2, 0) is 9.59 Å². The molecule has 0 aliphatic carbocycles. The van der Waals surface area contributed by atoms with Gasteiger partial charge in [0.25, 0.3) is 5.91 Å². The first-order valence-electron chi connectivity index (χ1n) is 13.9. The summed E-state index contributed by atoms with van der Waals surface area (Å²) in [5.74, 6) is 1.03. The second-order valence-corrected chi connectivity index (χ2v) is 11.8. The number of fused-ring (bicyclic) bond motifs is 1. The molecule has 3 unspecified atom stereocenters. The van der Waals surface area contributed by atoms with Gasteiger partial charge in [0.15, 0.2) is 11.5 Å². The maximum absolute atomic E-state index is 13.2. The van der Waals surface area contributed by atoms with Crippen LogP contribution in [0.25, 0.3) is 5.57 Å². The molecule has 2 aromatic rings. The molecule has 3 heterocycles. The summed E-state index contributed by atoms with van der Waals surface area (Å²) in [6, 6.07) is 10.1. The van der Waals surface area contributed by atoms with Crippen LogP contribution in [0.5, 0.6) is 17.2 Å². The van der Waals surface area contributed by atoms with E-state index in [1.165, 1.54) is 0 Å². The second-order valence-electron chi connectivity index (χ2n) is 11.0. The van der Waals surface area contributed by atoms with E-state index in [4.69, 9.17) is 38.4 Å². The summed E-state index contributed by atoms with van der Waals surface area (Å²) in [6.45, 7) is 1.90. The zero-order chi connectivity index (χ0) is 30.0. The molecule has 0 aromatic heterocycles. The maximum atomic E-state index is 13.2. The fraction of sp³-hybridized carbons (Fsp3) is 0.400. The Morgan fingerprint density at radius 3 is 2.71 bits per heavy atom. The molecule has 0 saturated carbocycles. The third-order valence-corrected chi connectivity index (χ3v) is 8.54. The first kappa shape index (κ1) is 30.2. The number of methoxy groups -OCH3 is 1. The Morgan fingerprint density at radius 1 is 1.17 bits per heavy atom. The highest BCUT2D eigenvalue weighted by Gasteiger charge is 2.49. The lowest BCUT2D eigenvalue weighted by atomic mass is 9.85. The van der Waals surface area contributed by atoms with Gasteiger partial charge in [-0.15, -0.1) is 0 Å². The fourth-order valence-electron chi connectivity index (χ4n) is 5.76. The molecule has 0 spiro atoms. The third kappa shape index (κ3) is 6.38. The number of likely N-dealkylation sites (tertiary alicyclic amines) is 1. The maximum Gasteiger partial charge on any atom is 0.257 e. The SMILES string of the molecule is COc1cc(C2=CN([C@@H]3CCCN(C(=O)/C=C/CN(C)C)C3)C3C(=O)NNC(N)C23)ccc1Oc1ccc(Cl)c(Cl)c1. The number of carbonyl (C=O) groups is 2. The molecule has 3 aliphatic rings. The summed E-state index contributed by atoms with van der Waals surface area (Å²) in [5.41, 5.74) is 14.0. The zero-order valence-electron chi connectivity index (χ0n) is 23.8. The fourth-order valence-corrected chi connectivity index (χ4v) is 6.04. The molecule has 2 aromatic carbocycles. The van der Waals surface area contributed by atoms with Crippen LogP contribution in [-0.4, -0.2) is 85.6 Å². The molecule has 2 amide bonds. The predicted molar refractivity (Wildman–Crippen MR) is 163 cm³/mol. The van der Waals surface area contributed by atoms with Crippen molar-refractivity contribution in [3.63, 3.8) is 0 Å². The van der Waals surface area contributed by atoms with Gasteiger partial charge < -0.3 is 29.9 Å². The number of hydrogen-bond acceptors (Lipinski definition) is 8. The van der Waals surface area contributed by atoms with Crippen molar-refractivity contribution in [3.05, 3.63) is 70.4 Å². The standard InChI is InChI=1S/C30H36Cl2N6O4/c1-36(2)12-5-7-26(39)37-13-4-6-19(16-37)38-17-21(27-28(38)30(40)35-34-29(27)33)18-8-11-24(25(14-18)41-3)42-20-9-10-22(31)23(32)15-20/h5,7-11,14-15,17,19,27-29,34H,4,6,12-13,16,33H2,1-3H3,(H,35,40)/b7-5+/t19-,27?,28?,29?/m1/s1.